The van der Waals surface area contributed by atoms with Gasteiger partial charge in [-0.2, -0.15) is 0 Å². The fourth-order valence-corrected chi connectivity index (χ4v) is 2.21. The number of rotatable bonds is 5. The Hall–Kier alpha value is -2.33. The van der Waals surface area contributed by atoms with Crippen molar-refractivity contribution in [1.29, 1.82) is 0 Å². The monoisotopic (exact) mass is 313 g/mol. The molecule has 2 heterocycles. The van der Waals surface area contributed by atoms with Crippen molar-refractivity contribution in [2.75, 3.05) is 13.2 Å². The highest BCUT2D eigenvalue weighted by molar-refractivity contribution is 5.12. The van der Waals surface area contributed by atoms with Gasteiger partial charge in [-0.05, 0) is 12.5 Å². The molecule has 0 aliphatic carbocycles. The summed E-state index contributed by atoms with van der Waals surface area (Å²) in [4.78, 5) is 28.0. The van der Waals surface area contributed by atoms with Gasteiger partial charge in [-0.3, -0.25) is 14.3 Å². The molecule has 2 rings (SSSR count). The van der Waals surface area contributed by atoms with Crippen molar-refractivity contribution in [3.8, 4) is 5.75 Å². The van der Waals surface area contributed by atoms with E-state index in [1.165, 1.54) is 0 Å². The first-order valence-corrected chi connectivity index (χ1v) is 6.48. The lowest BCUT2D eigenvalue weighted by Crippen LogP contribution is -2.38. The predicted molar refractivity (Wildman–Crippen MR) is 72.2 cm³/mol. The van der Waals surface area contributed by atoms with Gasteiger partial charge in [-0.1, -0.05) is 5.11 Å². The van der Waals surface area contributed by atoms with Gasteiger partial charge in [-0.15, -0.1) is 0 Å². The Balaban J connectivity index is 2.41. The zero-order chi connectivity index (χ0) is 16.3. The highest BCUT2D eigenvalue weighted by Gasteiger charge is 2.47. The Labute approximate surface area is 123 Å². The summed E-state index contributed by atoms with van der Waals surface area (Å²) in [7, 11) is 0. The van der Waals surface area contributed by atoms with Crippen molar-refractivity contribution in [1.82, 2.24) is 9.55 Å². The summed E-state index contributed by atoms with van der Waals surface area (Å²) < 4.78 is 11.4. The summed E-state index contributed by atoms with van der Waals surface area (Å²) in [5.74, 6) is -0.0922. The quantitative estimate of drug-likeness (QED) is 0.366. The molecule has 1 aromatic heterocycles. The average molecular weight is 313 g/mol. The van der Waals surface area contributed by atoms with Gasteiger partial charge in [0.15, 0.2) is 5.72 Å². The lowest BCUT2D eigenvalue weighted by atomic mass is 10.1. The van der Waals surface area contributed by atoms with Crippen LogP contribution in [0.2, 0.25) is 0 Å². The van der Waals surface area contributed by atoms with E-state index in [1.807, 2.05) is 0 Å². The molecule has 3 N–H and O–H groups in total. The van der Waals surface area contributed by atoms with Crippen molar-refractivity contribution in [2.45, 2.75) is 31.4 Å². The molecule has 120 valence electrons. The van der Waals surface area contributed by atoms with Gasteiger partial charge in [0.1, 0.15) is 12.3 Å². The van der Waals surface area contributed by atoms with Gasteiger partial charge >= 0.3 is 5.69 Å². The Bertz CT molecular complexity index is 708. The van der Waals surface area contributed by atoms with Crippen molar-refractivity contribution in [3.05, 3.63) is 37.5 Å². The highest BCUT2D eigenvalue weighted by Crippen LogP contribution is 2.37. The minimum atomic E-state index is -1.99. The topological polar surface area (TPSA) is 163 Å². The number of aromatic nitrogens is 2. The van der Waals surface area contributed by atoms with Gasteiger partial charge in [0, 0.05) is 11.3 Å². The lowest BCUT2D eigenvalue weighted by Gasteiger charge is -2.19. The Morgan fingerprint density at radius 2 is 2.41 bits per heavy atom. The van der Waals surface area contributed by atoms with E-state index < -0.39 is 35.9 Å². The van der Waals surface area contributed by atoms with Crippen LogP contribution in [0.3, 0.4) is 0 Å². The van der Waals surface area contributed by atoms with E-state index in [-0.39, 0.29) is 18.8 Å². The molecule has 0 amide bonds. The lowest BCUT2D eigenvalue weighted by molar-refractivity contribution is -0.0798. The number of aliphatic hydroxyl groups excluding tert-OH is 1. The van der Waals surface area contributed by atoms with Crippen LogP contribution in [-0.4, -0.2) is 44.8 Å². The van der Waals surface area contributed by atoms with Crippen molar-refractivity contribution < 1.29 is 19.7 Å². The summed E-state index contributed by atoms with van der Waals surface area (Å²) in [6.45, 7) is 1.28. The largest absolute Gasteiger partial charge is 0.487 e. The van der Waals surface area contributed by atoms with Crippen LogP contribution in [0.15, 0.2) is 20.9 Å². The third kappa shape index (κ3) is 2.83. The number of aliphatic hydroxyl groups is 2. The van der Waals surface area contributed by atoms with Crippen LogP contribution in [0.4, 0.5) is 0 Å². The van der Waals surface area contributed by atoms with E-state index in [0.29, 0.717) is 0 Å². The van der Waals surface area contributed by atoms with E-state index >= 15 is 0 Å². The molecule has 0 spiro atoms. The van der Waals surface area contributed by atoms with Crippen molar-refractivity contribution >= 4 is 0 Å². The molecule has 1 saturated heterocycles. The van der Waals surface area contributed by atoms with E-state index in [2.05, 4.69) is 15.0 Å². The zero-order valence-corrected chi connectivity index (χ0v) is 11.7. The molecule has 1 aliphatic heterocycles. The summed E-state index contributed by atoms with van der Waals surface area (Å²) in [5.41, 5.74) is 5.03. The third-order valence-corrected chi connectivity index (χ3v) is 3.24. The maximum Gasteiger partial charge on any atom is 0.330 e. The van der Waals surface area contributed by atoms with Crippen LogP contribution < -0.4 is 16.0 Å². The molecule has 22 heavy (non-hydrogen) atoms. The third-order valence-electron chi connectivity index (χ3n) is 3.24. The van der Waals surface area contributed by atoms with Crippen LogP contribution in [0.25, 0.3) is 10.4 Å². The maximum absolute atomic E-state index is 11.9. The molecule has 0 saturated carbocycles. The second-order valence-electron chi connectivity index (χ2n) is 4.63. The number of azide groups is 1. The predicted octanol–water partition coefficient (Wildman–Crippen LogP) is -0.786. The maximum atomic E-state index is 11.9. The van der Waals surface area contributed by atoms with Crippen molar-refractivity contribution in [2.24, 2.45) is 5.11 Å². The van der Waals surface area contributed by atoms with Gasteiger partial charge in [0.25, 0.3) is 5.56 Å². The molecule has 1 fully saturated rings. The Morgan fingerprint density at radius 1 is 1.68 bits per heavy atom. The fraction of sp³-hybridized carbons (Fsp3) is 0.636. The zero-order valence-electron chi connectivity index (χ0n) is 11.7. The summed E-state index contributed by atoms with van der Waals surface area (Å²) >= 11 is 0. The minimum Gasteiger partial charge on any atom is -0.487 e. The second kappa shape index (κ2) is 6.20. The first kappa shape index (κ1) is 16.0. The average Bonchev–Trinajstić information content (AvgIpc) is 2.79. The Morgan fingerprint density at radius 3 is 3.00 bits per heavy atom. The van der Waals surface area contributed by atoms with Crippen molar-refractivity contribution in [3.63, 3.8) is 0 Å². The molecule has 3 unspecified atom stereocenters. The normalized spacial score (nSPS) is 27.4. The minimum absolute atomic E-state index is 0.0922. The van der Waals surface area contributed by atoms with E-state index in [9.17, 15) is 19.8 Å². The molecule has 0 radical (unpaired) electrons. The standard InChI is InChI=1S/C11H15N5O6/c1-2-21-6-4-16(10(19)13-9(6)18)8-3-11(20,14-15-12)7(5-17)22-8/h4,7-8,17,20H,2-3,5H2,1H3,(H,13,18,19). The molecule has 1 aliphatic rings. The van der Waals surface area contributed by atoms with Crippen LogP contribution >= 0.6 is 0 Å². The number of ether oxygens (including phenoxy) is 2. The SMILES string of the molecule is CCOc1cn(C2CC(O)(N=[N+]=[N-])C(CO)O2)c(=O)[nH]c1=O. The van der Waals surface area contributed by atoms with Gasteiger partial charge in [-0.25, -0.2) is 4.79 Å². The van der Waals surface area contributed by atoms with E-state index in [4.69, 9.17) is 15.0 Å². The van der Waals surface area contributed by atoms with Crippen LogP contribution in [0.1, 0.15) is 19.6 Å². The first-order chi connectivity index (χ1) is 10.4. The molecule has 11 heteroatoms. The fourth-order valence-electron chi connectivity index (χ4n) is 2.21. The first-order valence-electron chi connectivity index (χ1n) is 6.48. The number of hydrogen-bond acceptors (Lipinski definition) is 7. The molecule has 11 nitrogen and oxygen atoms in total. The van der Waals surface area contributed by atoms with Crippen LogP contribution in [-0.2, 0) is 4.74 Å². The molecule has 1 aromatic rings. The van der Waals surface area contributed by atoms with Gasteiger partial charge in [0.05, 0.1) is 19.4 Å². The molecular weight excluding hydrogens is 298 g/mol. The van der Waals surface area contributed by atoms with Gasteiger partial charge < -0.3 is 19.7 Å². The van der Waals surface area contributed by atoms with Crippen LogP contribution in [0, 0.1) is 0 Å². The summed E-state index contributed by atoms with van der Waals surface area (Å²) in [6.07, 6.45) is -1.34. The molecule has 0 bridgehead atoms. The summed E-state index contributed by atoms with van der Waals surface area (Å²) in [5, 5.41) is 22.6. The van der Waals surface area contributed by atoms with Crippen LogP contribution in [0.5, 0.6) is 5.75 Å². The number of H-pyrrole nitrogens is 1. The van der Waals surface area contributed by atoms with Gasteiger partial charge in [0.2, 0.25) is 5.75 Å². The number of nitrogens with zero attached hydrogens (tertiary/aromatic N) is 4. The number of hydrogen-bond donors (Lipinski definition) is 3. The molecular formula is C11H15N5O6. The van der Waals surface area contributed by atoms with E-state index in [0.717, 1.165) is 10.8 Å². The summed E-state index contributed by atoms with van der Waals surface area (Å²) in [6, 6.07) is 0. The molecule has 3 atom stereocenters. The molecule has 0 aromatic carbocycles. The Kier molecular flexibility index (Phi) is 4.52. The highest BCUT2D eigenvalue weighted by atomic mass is 16.6. The smallest absolute Gasteiger partial charge is 0.330 e. The number of nitrogens with one attached hydrogen (secondary N) is 1. The number of aromatic amines is 1. The second-order valence-corrected chi connectivity index (χ2v) is 4.63. The van der Waals surface area contributed by atoms with E-state index in [1.54, 1.807) is 6.92 Å².